The number of benzene rings is 1. The summed E-state index contributed by atoms with van der Waals surface area (Å²) in [5.74, 6) is 1.86. The van der Waals surface area contributed by atoms with E-state index in [0.29, 0.717) is 0 Å². The molecular formula is C16H26OS. The van der Waals surface area contributed by atoms with E-state index in [1.54, 1.807) is 0 Å². The fraction of sp³-hybridized carbons (Fsp3) is 0.625. The molecule has 1 nitrogen and oxygen atoms in total. The molecular weight excluding hydrogens is 240 g/mol. The molecule has 2 heteroatoms. The molecule has 0 saturated heterocycles. The third kappa shape index (κ3) is 4.24. The fourth-order valence-corrected chi connectivity index (χ4v) is 2.54. The van der Waals surface area contributed by atoms with Crippen LogP contribution in [0.2, 0.25) is 0 Å². The lowest BCUT2D eigenvalue weighted by atomic mass is 9.85. The zero-order chi connectivity index (χ0) is 13.4. The molecule has 18 heavy (non-hydrogen) atoms. The van der Waals surface area contributed by atoms with Gasteiger partial charge in [0.15, 0.2) is 0 Å². The highest BCUT2D eigenvalue weighted by molar-refractivity contribution is 7.80. The Kier molecular flexibility index (Phi) is 6.62. The highest BCUT2D eigenvalue weighted by atomic mass is 32.1. The Morgan fingerprint density at radius 2 is 1.67 bits per heavy atom. The number of aryl methyl sites for hydroxylation is 1. The molecule has 1 aromatic carbocycles. The molecule has 0 radical (unpaired) electrons. The van der Waals surface area contributed by atoms with Crippen molar-refractivity contribution in [1.29, 1.82) is 0 Å². The van der Waals surface area contributed by atoms with Crippen LogP contribution in [0.3, 0.4) is 0 Å². The third-order valence-electron chi connectivity index (χ3n) is 3.84. The van der Waals surface area contributed by atoms with E-state index in [1.807, 2.05) is 0 Å². The Morgan fingerprint density at radius 1 is 1.06 bits per heavy atom. The van der Waals surface area contributed by atoms with E-state index in [-0.39, 0.29) is 5.41 Å². The van der Waals surface area contributed by atoms with Gasteiger partial charge in [-0.05, 0) is 42.7 Å². The first-order chi connectivity index (χ1) is 8.69. The summed E-state index contributed by atoms with van der Waals surface area (Å²) >= 11 is 4.47. The van der Waals surface area contributed by atoms with Crippen LogP contribution in [-0.4, -0.2) is 12.4 Å². The topological polar surface area (TPSA) is 9.23 Å². The first-order valence-corrected chi connectivity index (χ1v) is 7.65. The lowest BCUT2D eigenvalue weighted by Crippen LogP contribution is -2.29. The standard InChI is InChI=1S/C16H26OS/c1-4-7-14-8-10-15(11-9-14)17-12-16(5-2,6-3)13-18/h8-11,18H,4-7,12-13H2,1-3H3. The molecule has 0 spiro atoms. The number of hydrogen-bond donors (Lipinski definition) is 1. The van der Waals surface area contributed by atoms with Crippen LogP contribution in [0, 0.1) is 5.41 Å². The first kappa shape index (κ1) is 15.4. The number of hydrogen-bond acceptors (Lipinski definition) is 2. The molecule has 102 valence electrons. The van der Waals surface area contributed by atoms with Crippen molar-refractivity contribution in [1.82, 2.24) is 0 Å². The number of rotatable bonds is 8. The van der Waals surface area contributed by atoms with Gasteiger partial charge in [-0.15, -0.1) is 0 Å². The molecule has 1 aromatic rings. The number of ether oxygens (including phenoxy) is 1. The summed E-state index contributed by atoms with van der Waals surface area (Å²) in [5.41, 5.74) is 1.60. The van der Waals surface area contributed by atoms with Gasteiger partial charge in [-0.2, -0.15) is 12.6 Å². The van der Waals surface area contributed by atoms with Gasteiger partial charge in [-0.3, -0.25) is 0 Å². The average molecular weight is 266 g/mol. The van der Waals surface area contributed by atoms with Gasteiger partial charge in [0, 0.05) is 5.41 Å². The molecule has 0 saturated carbocycles. The maximum Gasteiger partial charge on any atom is 0.119 e. The van der Waals surface area contributed by atoms with Gasteiger partial charge in [0.1, 0.15) is 5.75 Å². The molecule has 0 unspecified atom stereocenters. The maximum atomic E-state index is 5.93. The Morgan fingerprint density at radius 3 is 2.11 bits per heavy atom. The molecule has 0 atom stereocenters. The molecule has 0 bridgehead atoms. The second-order valence-electron chi connectivity index (χ2n) is 5.05. The van der Waals surface area contributed by atoms with Gasteiger partial charge in [-0.25, -0.2) is 0 Å². The highest BCUT2D eigenvalue weighted by Gasteiger charge is 2.25. The van der Waals surface area contributed by atoms with Crippen LogP contribution in [0.15, 0.2) is 24.3 Å². The summed E-state index contributed by atoms with van der Waals surface area (Å²) in [6.45, 7) is 7.39. The van der Waals surface area contributed by atoms with Crippen molar-refractivity contribution in [3.8, 4) is 5.75 Å². The zero-order valence-corrected chi connectivity index (χ0v) is 12.8. The highest BCUT2D eigenvalue weighted by Crippen LogP contribution is 2.29. The van der Waals surface area contributed by atoms with Crippen LogP contribution >= 0.6 is 12.6 Å². The van der Waals surface area contributed by atoms with Crippen molar-refractivity contribution in [2.75, 3.05) is 12.4 Å². The minimum atomic E-state index is 0.213. The SMILES string of the molecule is CCCc1ccc(OCC(CC)(CC)CS)cc1. The summed E-state index contributed by atoms with van der Waals surface area (Å²) in [6.07, 6.45) is 4.56. The van der Waals surface area contributed by atoms with Crippen molar-refractivity contribution < 1.29 is 4.74 Å². The van der Waals surface area contributed by atoms with Gasteiger partial charge < -0.3 is 4.74 Å². The Hall–Kier alpha value is -0.630. The van der Waals surface area contributed by atoms with Gasteiger partial charge >= 0.3 is 0 Å². The molecule has 0 aliphatic rings. The predicted octanol–water partition coefficient (Wildman–Crippen LogP) is 4.75. The summed E-state index contributed by atoms with van der Waals surface area (Å²) < 4.78 is 5.93. The van der Waals surface area contributed by atoms with E-state index in [2.05, 4.69) is 57.7 Å². The molecule has 0 aliphatic carbocycles. The van der Waals surface area contributed by atoms with Crippen LogP contribution in [0.25, 0.3) is 0 Å². The van der Waals surface area contributed by atoms with Gasteiger partial charge in [0.2, 0.25) is 0 Å². The zero-order valence-electron chi connectivity index (χ0n) is 11.9. The molecule has 0 heterocycles. The van der Waals surface area contributed by atoms with Gasteiger partial charge in [0.25, 0.3) is 0 Å². The molecule has 0 aromatic heterocycles. The second kappa shape index (κ2) is 7.73. The van der Waals surface area contributed by atoms with Crippen molar-refractivity contribution in [3.63, 3.8) is 0 Å². The quantitative estimate of drug-likeness (QED) is 0.668. The summed E-state index contributed by atoms with van der Waals surface area (Å²) in [5, 5.41) is 0. The van der Waals surface area contributed by atoms with Crippen LogP contribution in [0.4, 0.5) is 0 Å². The minimum absolute atomic E-state index is 0.213. The summed E-state index contributed by atoms with van der Waals surface area (Å²) in [6, 6.07) is 8.50. The normalized spacial score (nSPS) is 11.6. The second-order valence-corrected chi connectivity index (χ2v) is 5.36. The van der Waals surface area contributed by atoms with Gasteiger partial charge in [-0.1, -0.05) is 39.3 Å². The van der Waals surface area contributed by atoms with E-state index < -0.39 is 0 Å². The van der Waals surface area contributed by atoms with E-state index in [9.17, 15) is 0 Å². The monoisotopic (exact) mass is 266 g/mol. The lowest BCUT2D eigenvalue weighted by molar-refractivity contribution is 0.157. The van der Waals surface area contributed by atoms with Crippen molar-refractivity contribution in [2.24, 2.45) is 5.41 Å². The van der Waals surface area contributed by atoms with Crippen LogP contribution in [-0.2, 0) is 6.42 Å². The van der Waals surface area contributed by atoms with Crippen LogP contribution in [0.1, 0.15) is 45.6 Å². The third-order valence-corrected chi connectivity index (χ3v) is 4.51. The lowest BCUT2D eigenvalue weighted by Gasteiger charge is -2.29. The molecule has 0 aliphatic heterocycles. The molecule has 0 fully saturated rings. The number of thiol groups is 1. The van der Waals surface area contributed by atoms with Crippen molar-refractivity contribution in [2.45, 2.75) is 46.5 Å². The molecule has 0 amide bonds. The molecule has 1 rings (SSSR count). The Bertz CT molecular complexity index is 319. The van der Waals surface area contributed by atoms with Crippen molar-refractivity contribution >= 4 is 12.6 Å². The fourth-order valence-electron chi connectivity index (χ4n) is 2.00. The summed E-state index contributed by atoms with van der Waals surface area (Å²) in [4.78, 5) is 0. The van der Waals surface area contributed by atoms with E-state index >= 15 is 0 Å². The molecule has 0 N–H and O–H groups in total. The average Bonchev–Trinajstić information content (AvgIpc) is 2.43. The summed E-state index contributed by atoms with van der Waals surface area (Å²) in [7, 11) is 0. The van der Waals surface area contributed by atoms with Crippen LogP contribution in [0.5, 0.6) is 5.75 Å². The van der Waals surface area contributed by atoms with E-state index in [0.717, 1.165) is 37.4 Å². The first-order valence-electron chi connectivity index (χ1n) is 7.02. The van der Waals surface area contributed by atoms with Crippen LogP contribution < -0.4 is 4.74 Å². The Balaban J connectivity index is 2.57. The van der Waals surface area contributed by atoms with Crippen molar-refractivity contribution in [3.05, 3.63) is 29.8 Å². The minimum Gasteiger partial charge on any atom is -0.493 e. The smallest absolute Gasteiger partial charge is 0.119 e. The van der Waals surface area contributed by atoms with E-state index in [4.69, 9.17) is 4.74 Å². The largest absolute Gasteiger partial charge is 0.493 e. The van der Waals surface area contributed by atoms with E-state index in [1.165, 1.54) is 12.0 Å². The maximum absolute atomic E-state index is 5.93. The van der Waals surface area contributed by atoms with Gasteiger partial charge in [0.05, 0.1) is 6.61 Å². The predicted molar refractivity (Wildman–Crippen MR) is 82.8 cm³/mol. The Labute approximate surface area is 117 Å².